The van der Waals surface area contributed by atoms with Gasteiger partial charge in [-0.25, -0.2) is 13.2 Å². The molecule has 0 aliphatic carbocycles. The van der Waals surface area contributed by atoms with Gasteiger partial charge in [-0.05, 0) is 0 Å². The van der Waals surface area contributed by atoms with Crippen molar-refractivity contribution in [3.05, 3.63) is 33.5 Å². The lowest BCUT2D eigenvalue weighted by molar-refractivity contribution is 0.139. The van der Waals surface area contributed by atoms with E-state index in [1.807, 2.05) is 0 Å². The van der Waals surface area contributed by atoms with E-state index in [2.05, 4.69) is 0 Å². The minimum absolute atomic E-state index is 0.431. The molecule has 72 valence electrons. The first-order chi connectivity index (χ1) is 6.06. The summed E-state index contributed by atoms with van der Waals surface area (Å²) in [5, 5.41) is 8.51. The summed E-state index contributed by atoms with van der Waals surface area (Å²) in [4.78, 5) is 12.3. The molecule has 0 spiro atoms. The maximum atomic E-state index is 12.9. The van der Waals surface area contributed by atoms with Gasteiger partial charge in [-0.1, -0.05) is 0 Å². The van der Waals surface area contributed by atoms with Gasteiger partial charge >= 0.3 is 0 Å². The summed E-state index contributed by atoms with van der Waals surface area (Å²) in [7, 11) is 0. The van der Waals surface area contributed by atoms with Gasteiger partial charge in [-0.2, -0.15) is 0 Å². The molecule has 0 bridgehead atoms. The highest BCUT2D eigenvalue weighted by Crippen LogP contribution is 2.20. The number of aliphatic hydroxyl groups excluding tert-OH is 1. The van der Waals surface area contributed by atoms with Crippen LogP contribution in [-0.4, -0.2) is 10.1 Å². The summed E-state index contributed by atoms with van der Waals surface area (Å²) >= 11 is 0. The van der Waals surface area contributed by atoms with E-state index in [-0.39, 0.29) is 0 Å². The molecule has 0 aliphatic rings. The fourth-order valence-corrected chi connectivity index (χ4v) is 0.884. The number of halogens is 3. The lowest BCUT2D eigenvalue weighted by Gasteiger charge is -2.04. The van der Waals surface area contributed by atoms with Crippen LogP contribution in [-0.2, 0) is 6.61 Å². The number of aromatic amines is 1. The number of hydrogen-bond donors (Lipinski definition) is 2. The van der Waals surface area contributed by atoms with Crippen molar-refractivity contribution >= 4 is 0 Å². The molecule has 1 aromatic rings. The molecule has 0 saturated heterocycles. The molecule has 0 aromatic carbocycles. The molecule has 1 rings (SSSR count). The molecule has 6 heteroatoms. The lowest BCUT2D eigenvalue weighted by atomic mass is 10.2. The van der Waals surface area contributed by atoms with Crippen LogP contribution in [0.4, 0.5) is 13.2 Å². The zero-order valence-corrected chi connectivity index (χ0v) is 6.35. The van der Waals surface area contributed by atoms with Crippen molar-refractivity contribution in [2.75, 3.05) is 0 Å². The Balaban J connectivity index is 3.36. The zero-order valence-electron chi connectivity index (χ0n) is 6.35. The third-order valence-electron chi connectivity index (χ3n) is 1.47. The molecule has 1 aromatic heterocycles. The molecule has 0 amide bonds. The van der Waals surface area contributed by atoms with Gasteiger partial charge in [0.25, 0.3) is 6.43 Å². The summed E-state index contributed by atoms with van der Waals surface area (Å²) in [6.45, 7) is -0.782. The molecular formula is C7H6F3NO2. The summed E-state index contributed by atoms with van der Waals surface area (Å²) < 4.78 is 37.0. The van der Waals surface area contributed by atoms with Crippen LogP contribution in [0.25, 0.3) is 0 Å². The molecule has 13 heavy (non-hydrogen) atoms. The fourth-order valence-electron chi connectivity index (χ4n) is 0.884. The van der Waals surface area contributed by atoms with Crippen LogP contribution >= 0.6 is 0 Å². The van der Waals surface area contributed by atoms with Crippen LogP contribution in [0.5, 0.6) is 0 Å². The number of aromatic nitrogens is 1. The van der Waals surface area contributed by atoms with Crippen LogP contribution in [0.3, 0.4) is 0 Å². The molecule has 0 unspecified atom stereocenters. The lowest BCUT2D eigenvalue weighted by Crippen LogP contribution is -2.13. The van der Waals surface area contributed by atoms with Gasteiger partial charge < -0.3 is 10.1 Å². The Hall–Kier alpha value is -1.30. The Morgan fingerprint density at radius 2 is 2.15 bits per heavy atom. The van der Waals surface area contributed by atoms with Crippen molar-refractivity contribution in [3.63, 3.8) is 0 Å². The van der Waals surface area contributed by atoms with Crippen molar-refractivity contribution in [1.82, 2.24) is 4.98 Å². The molecule has 3 nitrogen and oxygen atoms in total. The van der Waals surface area contributed by atoms with Crippen molar-refractivity contribution < 1.29 is 18.3 Å². The third kappa shape index (κ3) is 1.89. The Labute approximate surface area is 70.8 Å². The maximum Gasteiger partial charge on any atom is 0.281 e. The second kappa shape index (κ2) is 3.61. The van der Waals surface area contributed by atoms with Crippen molar-refractivity contribution in [3.8, 4) is 0 Å². The Kier molecular flexibility index (Phi) is 2.72. The minimum atomic E-state index is -3.10. The van der Waals surface area contributed by atoms with Gasteiger partial charge in [0.15, 0.2) is 5.82 Å². The van der Waals surface area contributed by atoms with Crippen LogP contribution in [0, 0.1) is 5.82 Å². The maximum absolute atomic E-state index is 12.9. The SMILES string of the molecule is O=c1cc(CO)c(F)c(C(F)F)[nH]1. The van der Waals surface area contributed by atoms with Crippen LogP contribution in [0.1, 0.15) is 17.7 Å². The highest BCUT2D eigenvalue weighted by molar-refractivity contribution is 5.19. The van der Waals surface area contributed by atoms with E-state index in [0.717, 1.165) is 6.07 Å². The number of hydrogen-bond acceptors (Lipinski definition) is 2. The van der Waals surface area contributed by atoms with E-state index in [0.29, 0.717) is 0 Å². The molecule has 0 fully saturated rings. The van der Waals surface area contributed by atoms with E-state index in [1.54, 1.807) is 4.98 Å². The van der Waals surface area contributed by atoms with Gasteiger partial charge in [0.05, 0.1) is 6.61 Å². The standard InChI is InChI=1S/C7H6F3NO2/c8-5-3(2-12)1-4(13)11-6(5)7(9)10/h1,7,12H,2H2,(H,11,13). The van der Waals surface area contributed by atoms with Crippen LogP contribution < -0.4 is 5.56 Å². The Bertz CT molecular complexity index is 361. The smallest absolute Gasteiger partial charge is 0.281 e. The largest absolute Gasteiger partial charge is 0.392 e. The normalized spacial score (nSPS) is 10.8. The predicted molar refractivity (Wildman–Crippen MR) is 37.9 cm³/mol. The van der Waals surface area contributed by atoms with Gasteiger partial charge in [-0.15, -0.1) is 0 Å². The van der Waals surface area contributed by atoms with Gasteiger partial charge in [0, 0.05) is 11.6 Å². The van der Waals surface area contributed by atoms with Gasteiger partial charge in [0.1, 0.15) is 5.69 Å². The second-order valence-electron chi connectivity index (χ2n) is 2.35. The van der Waals surface area contributed by atoms with E-state index >= 15 is 0 Å². The zero-order chi connectivity index (χ0) is 10.0. The molecule has 2 N–H and O–H groups in total. The first-order valence-electron chi connectivity index (χ1n) is 3.37. The van der Waals surface area contributed by atoms with E-state index in [1.165, 1.54) is 0 Å². The predicted octanol–water partition coefficient (Wildman–Crippen LogP) is 0.944. The molecular weight excluding hydrogens is 187 g/mol. The van der Waals surface area contributed by atoms with E-state index in [4.69, 9.17) is 5.11 Å². The number of pyridine rings is 1. The first kappa shape index (κ1) is 9.79. The average molecular weight is 193 g/mol. The molecule has 0 radical (unpaired) electrons. The van der Waals surface area contributed by atoms with Gasteiger partial charge in [0.2, 0.25) is 5.56 Å². The number of H-pyrrole nitrogens is 1. The summed E-state index contributed by atoms with van der Waals surface area (Å²) in [6, 6.07) is 0.737. The molecule has 0 aliphatic heterocycles. The number of rotatable bonds is 2. The number of alkyl halides is 2. The molecule has 0 atom stereocenters. The molecule has 1 heterocycles. The average Bonchev–Trinajstić information content (AvgIpc) is 2.08. The van der Waals surface area contributed by atoms with Crippen LogP contribution in [0.15, 0.2) is 10.9 Å². The fraction of sp³-hybridized carbons (Fsp3) is 0.286. The minimum Gasteiger partial charge on any atom is -0.392 e. The molecule has 0 saturated carbocycles. The topological polar surface area (TPSA) is 53.1 Å². The summed E-state index contributed by atoms with van der Waals surface area (Å²) in [5.74, 6) is -1.27. The quantitative estimate of drug-likeness (QED) is 0.734. The van der Waals surface area contributed by atoms with E-state index < -0.39 is 35.7 Å². The summed E-state index contributed by atoms with van der Waals surface area (Å²) in [6.07, 6.45) is -3.10. The van der Waals surface area contributed by atoms with Crippen molar-refractivity contribution in [2.24, 2.45) is 0 Å². The Morgan fingerprint density at radius 3 is 2.62 bits per heavy atom. The summed E-state index contributed by atoms with van der Waals surface area (Å²) in [5.41, 5.74) is -2.38. The van der Waals surface area contributed by atoms with Crippen molar-refractivity contribution in [1.29, 1.82) is 0 Å². The second-order valence-corrected chi connectivity index (χ2v) is 2.35. The van der Waals surface area contributed by atoms with Gasteiger partial charge in [-0.3, -0.25) is 4.79 Å². The van der Waals surface area contributed by atoms with Crippen LogP contribution in [0.2, 0.25) is 0 Å². The monoisotopic (exact) mass is 193 g/mol. The highest BCUT2D eigenvalue weighted by atomic mass is 19.3. The Morgan fingerprint density at radius 1 is 1.54 bits per heavy atom. The van der Waals surface area contributed by atoms with E-state index in [9.17, 15) is 18.0 Å². The number of aliphatic hydroxyl groups is 1. The first-order valence-corrected chi connectivity index (χ1v) is 3.37. The number of nitrogens with one attached hydrogen (secondary N) is 1. The third-order valence-corrected chi connectivity index (χ3v) is 1.47. The highest BCUT2D eigenvalue weighted by Gasteiger charge is 2.17. The van der Waals surface area contributed by atoms with Crippen molar-refractivity contribution in [2.45, 2.75) is 13.0 Å².